The fourth-order valence-corrected chi connectivity index (χ4v) is 6.54. The van der Waals surface area contributed by atoms with E-state index in [1.807, 2.05) is 37.3 Å². The van der Waals surface area contributed by atoms with E-state index < -0.39 is 52.2 Å². The Bertz CT molecular complexity index is 1850. The lowest BCUT2D eigenvalue weighted by Crippen LogP contribution is -2.56. The van der Waals surface area contributed by atoms with E-state index in [2.05, 4.69) is 21.6 Å². The minimum absolute atomic E-state index is 0.0753. The molecule has 1 saturated heterocycles. The number of aromatic amines is 1. The molecule has 2 aliphatic rings. The van der Waals surface area contributed by atoms with E-state index >= 15 is 0 Å². The standard InChI is InChI=1S/C37H40FN5O5/c1-23-16-26(13-14-28(23)48-30-17-24(2)41-42-35(30)46)34(45)40-20-32(44)43-31(36(3,4)22-39)18-29(47-21-25-10-7-6-8-11-25)33(43)37(5)15-9-12-27(38)19-37/h6-14,16-17,19,29,31,33H,15,18,20-21H2,1-5H3,(H,40,45)(H,42,46)/t29-,31-,33+,37?/m1/s1. The van der Waals surface area contributed by atoms with E-state index in [1.54, 1.807) is 56.9 Å². The van der Waals surface area contributed by atoms with Crippen LogP contribution >= 0.6 is 0 Å². The maximum atomic E-state index is 14.8. The van der Waals surface area contributed by atoms with Crippen molar-refractivity contribution in [2.75, 3.05) is 6.54 Å². The number of hydrogen-bond acceptors (Lipinski definition) is 7. The smallest absolute Gasteiger partial charge is 0.307 e. The van der Waals surface area contributed by atoms with Crippen molar-refractivity contribution in [2.24, 2.45) is 10.8 Å². The fraction of sp³-hybridized carbons (Fsp3) is 0.378. The summed E-state index contributed by atoms with van der Waals surface area (Å²) in [5, 5.41) is 19.1. The number of nitrogens with zero attached hydrogens (tertiary/aromatic N) is 3. The van der Waals surface area contributed by atoms with E-state index in [9.17, 15) is 24.0 Å². The summed E-state index contributed by atoms with van der Waals surface area (Å²) in [5.41, 5.74) is 0.141. The molecule has 1 aromatic heterocycles. The van der Waals surface area contributed by atoms with Gasteiger partial charge in [-0.15, -0.1) is 0 Å². The van der Waals surface area contributed by atoms with Crippen molar-refractivity contribution in [3.63, 3.8) is 0 Å². The maximum absolute atomic E-state index is 14.8. The first-order valence-electron chi connectivity index (χ1n) is 15.9. The van der Waals surface area contributed by atoms with Crippen LogP contribution in [0.1, 0.15) is 60.8 Å². The molecule has 4 atom stereocenters. The summed E-state index contributed by atoms with van der Waals surface area (Å²) in [6.45, 7) is 8.85. The van der Waals surface area contributed by atoms with Gasteiger partial charge in [-0.25, -0.2) is 9.49 Å². The van der Waals surface area contributed by atoms with E-state index in [-0.39, 0.29) is 24.5 Å². The lowest BCUT2D eigenvalue weighted by Gasteiger charge is -2.44. The van der Waals surface area contributed by atoms with Crippen LogP contribution in [-0.2, 0) is 16.1 Å². The molecule has 1 aliphatic carbocycles. The van der Waals surface area contributed by atoms with Gasteiger partial charge in [0.25, 0.3) is 5.91 Å². The molecule has 2 N–H and O–H groups in total. The summed E-state index contributed by atoms with van der Waals surface area (Å²) in [7, 11) is 0. The number of amides is 2. The van der Waals surface area contributed by atoms with Crippen LogP contribution in [0.15, 0.2) is 83.4 Å². The molecule has 1 fully saturated rings. The summed E-state index contributed by atoms with van der Waals surface area (Å²) in [6, 6.07) is 17.1. The lowest BCUT2D eigenvalue weighted by molar-refractivity contribution is -0.138. The number of benzene rings is 2. The molecule has 11 heteroatoms. The van der Waals surface area contributed by atoms with Crippen molar-refractivity contribution in [1.29, 1.82) is 5.26 Å². The molecule has 2 heterocycles. The van der Waals surface area contributed by atoms with E-state index in [1.165, 1.54) is 18.2 Å². The molecule has 1 aliphatic heterocycles. The number of rotatable bonds is 10. The molecule has 0 radical (unpaired) electrons. The number of aryl methyl sites for hydroxylation is 2. The van der Waals surface area contributed by atoms with Gasteiger partial charge in [-0.3, -0.25) is 14.4 Å². The number of likely N-dealkylation sites (tertiary alicyclic amines) is 1. The average Bonchev–Trinajstić information content (AvgIpc) is 3.47. The largest absolute Gasteiger partial charge is 0.451 e. The lowest BCUT2D eigenvalue weighted by atomic mass is 9.74. The second-order valence-corrected chi connectivity index (χ2v) is 13.3. The number of H-pyrrole nitrogens is 1. The number of nitrogens with one attached hydrogen (secondary N) is 2. The molecular formula is C37H40FN5O5. The highest BCUT2D eigenvalue weighted by Crippen LogP contribution is 2.48. The summed E-state index contributed by atoms with van der Waals surface area (Å²) >= 11 is 0. The number of carbonyl (C=O) groups excluding carboxylic acids is 2. The van der Waals surface area contributed by atoms with Crippen LogP contribution in [0, 0.1) is 36.0 Å². The van der Waals surface area contributed by atoms with E-state index in [0.717, 1.165) is 5.56 Å². The van der Waals surface area contributed by atoms with E-state index in [4.69, 9.17) is 9.47 Å². The number of nitriles is 1. The first kappa shape index (κ1) is 34.3. The van der Waals surface area contributed by atoms with Gasteiger partial charge in [-0.1, -0.05) is 43.3 Å². The summed E-state index contributed by atoms with van der Waals surface area (Å²) in [6.07, 6.45) is 5.02. The predicted molar refractivity (Wildman–Crippen MR) is 178 cm³/mol. The molecule has 0 saturated carbocycles. The Kier molecular flexibility index (Phi) is 9.96. The zero-order valence-corrected chi connectivity index (χ0v) is 27.7. The van der Waals surface area contributed by atoms with Crippen LogP contribution in [0.3, 0.4) is 0 Å². The quantitative estimate of drug-likeness (QED) is 0.281. The normalized spacial score (nSPS) is 22.1. The topological polar surface area (TPSA) is 137 Å². The van der Waals surface area contributed by atoms with Gasteiger partial charge in [0.1, 0.15) is 11.6 Å². The van der Waals surface area contributed by atoms with Gasteiger partial charge in [0, 0.05) is 17.0 Å². The highest BCUT2D eigenvalue weighted by molar-refractivity contribution is 5.97. The number of ether oxygens (including phenoxy) is 2. The van der Waals surface area contributed by atoms with Crippen molar-refractivity contribution < 1.29 is 23.5 Å². The third kappa shape index (κ3) is 7.39. The second kappa shape index (κ2) is 14.0. The molecule has 0 bridgehead atoms. The summed E-state index contributed by atoms with van der Waals surface area (Å²) in [5.74, 6) is -0.831. The van der Waals surface area contributed by atoms with Crippen LogP contribution in [-0.4, -0.2) is 51.6 Å². The number of aromatic nitrogens is 2. The first-order valence-corrected chi connectivity index (χ1v) is 15.9. The van der Waals surface area contributed by atoms with Gasteiger partial charge >= 0.3 is 5.56 Å². The second-order valence-electron chi connectivity index (χ2n) is 13.3. The number of carbonyl (C=O) groups is 2. The monoisotopic (exact) mass is 653 g/mol. The fourth-order valence-electron chi connectivity index (χ4n) is 6.54. The van der Waals surface area contributed by atoms with Gasteiger partial charge in [-0.2, -0.15) is 10.4 Å². The molecule has 10 nitrogen and oxygen atoms in total. The average molecular weight is 654 g/mol. The Hall–Kier alpha value is -5.08. The van der Waals surface area contributed by atoms with Gasteiger partial charge in [0.05, 0.1) is 48.5 Å². The Morgan fingerprint density at radius 2 is 1.92 bits per heavy atom. The summed E-state index contributed by atoms with van der Waals surface area (Å²) < 4.78 is 27.0. The Labute approximate surface area is 279 Å². The van der Waals surface area contributed by atoms with Crippen molar-refractivity contribution in [3.8, 4) is 17.6 Å². The molecule has 2 aromatic carbocycles. The highest BCUT2D eigenvalue weighted by atomic mass is 19.1. The highest BCUT2D eigenvalue weighted by Gasteiger charge is 2.56. The van der Waals surface area contributed by atoms with Crippen molar-refractivity contribution in [3.05, 3.63) is 111 Å². The van der Waals surface area contributed by atoms with Gasteiger partial charge < -0.3 is 19.7 Å². The third-order valence-corrected chi connectivity index (χ3v) is 9.09. The van der Waals surface area contributed by atoms with Gasteiger partial charge in [0.15, 0.2) is 5.75 Å². The van der Waals surface area contributed by atoms with Crippen molar-refractivity contribution >= 4 is 11.8 Å². The molecule has 48 heavy (non-hydrogen) atoms. The molecule has 1 unspecified atom stereocenters. The van der Waals surface area contributed by atoms with Gasteiger partial charge in [0.2, 0.25) is 5.91 Å². The van der Waals surface area contributed by atoms with E-state index in [0.29, 0.717) is 29.8 Å². The third-order valence-electron chi connectivity index (χ3n) is 9.09. The number of hydrogen-bond donors (Lipinski definition) is 2. The predicted octanol–water partition coefficient (Wildman–Crippen LogP) is 5.83. The maximum Gasteiger partial charge on any atom is 0.307 e. The van der Waals surface area contributed by atoms with Crippen LogP contribution in [0.2, 0.25) is 0 Å². The zero-order valence-electron chi connectivity index (χ0n) is 27.7. The molecule has 3 aromatic rings. The molecular weight excluding hydrogens is 613 g/mol. The first-order chi connectivity index (χ1) is 22.8. The van der Waals surface area contributed by atoms with Crippen LogP contribution in [0.25, 0.3) is 0 Å². The van der Waals surface area contributed by atoms with Crippen molar-refractivity contribution in [2.45, 2.75) is 72.3 Å². The van der Waals surface area contributed by atoms with Crippen molar-refractivity contribution in [1.82, 2.24) is 20.4 Å². The number of halogens is 1. The minimum atomic E-state index is -0.964. The minimum Gasteiger partial charge on any atom is -0.451 e. The van der Waals surface area contributed by atoms with Crippen LogP contribution in [0.5, 0.6) is 11.5 Å². The Morgan fingerprint density at radius 1 is 1.17 bits per heavy atom. The van der Waals surface area contributed by atoms with Crippen LogP contribution in [0.4, 0.5) is 4.39 Å². The van der Waals surface area contributed by atoms with Gasteiger partial charge in [-0.05, 0) is 82.0 Å². The Balaban J connectivity index is 1.38. The number of allylic oxidation sites excluding steroid dienone is 3. The molecule has 2 amide bonds. The molecule has 0 spiro atoms. The Morgan fingerprint density at radius 3 is 2.60 bits per heavy atom. The van der Waals surface area contributed by atoms with Crippen LogP contribution < -0.4 is 15.6 Å². The SMILES string of the molecule is Cc1cc(Oc2ccc(C(=O)NCC(=O)N3[C@H](C4(C)C=C(F)C=CC4)[C@H](OCc4ccccc4)C[C@@H]3C(C)(C)C#N)cc2C)c(=O)[nH]n1. The zero-order chi connectivity index (χ0) is 34.6. The molecule has 250 valence electrons. The molecule has 5 rings (SSSR count). The summed E-state index contributed by atoms with van der Waals surface area (Å²) in [4.78, 5) is 41.3.